The fourth-order valence-corrected chi connectivity index (χ4v) is 1.26. The van der Waals surface area contributed by atoms with Crippen molar-refractivity contribution in [1.29, 1.82) is 0 Å². The maximum absolute atomic E-state index is 10.8. The maximum Gasteiger partial charge on any atom is 0.339 e. The first-order valence-corrected chi connectivity index (χ1v) is 4.39. The second kappa shape index (κ2) is 4.48. The van der Waals surface area contributed by atoms with Crippen LogP contribution in [0.5, 0.6) is 5.75 Å². The molecule has 0 saturated heterocycles. The zero-order valence-electron chi connectivity index (χ0n) is 8.47. The summed E-state index contributed by atoms with van der Waals surface area (Å²) in [5.41, 5.74) is 0.546. The Bertz CT molecular complexity index is 474. The van der Waals surface area contributed by atoms with Gasteiger partial charge < -0.3 is 15.3 Å². The number of aromatic carboxylic acids is 1. The summed E-state index contributed by atoms with van der Waals surface area (Å²) in [4.78, 5) is 21.1. The SMILES string of the molecule is Cc1cc(/C=C/C(=O)O)c(O)c(C(=O)O)c1. The van der Waals surface area contributed by atoms with Crippen LogP contribution in [0.1, 0.15) is 21.5 Å². The van der Waals surface area contributed by atoms with Gasteiger partial charge in [0.2, 0.25) is 0 Å². The minimum atomic E-state index is -1.26. The standard InChI is InChI=1S/C11H10O5/c1-6-4-7(2-3-9(12)13)10(14)8(5-6)11(15)16/h2-5,14H,1H3,(H,12,13)(H,15,16)/b3-2+. The Hall–Kier alpha value is -2.30. The molecule has 0 bridgehead atoms. The molecule has 5 nitrogen and oxygen atoms in total. The highest BCUT2D eigenvalue weighted by molar-refractivity contribution is 5.93. The second-order valence-corrected chi connectivity index (χ2v) is 3.23. The summed E-state index contributed by atoms with van der Waals surface area (Å²) in [6.07, 6.45) is 1.98. The Morgan fingerprint density at radius 1 is 1.25 bits per heavy atom. The fraction of sp³-hybridized carbons (Fsp3) is 0.0909. The molecule has 0 aliphatic heterocycles. The predicted octanol–water partition coefficient (Wildman–Crippen LogP) is 1.50. The van der Waals surface area contributed by atoms with E-state index in [1.165, 1.54) is 12.1 Å². The maximum atomic E-state index is 10.8. The molecule has 84 valence electrons. The van der Waals surface area contributed by atoms with Crippen LogP contribution in [0.3, 0.4) is 0 Å². The van der Waals surface area contributed by atoms with E-state index >= 15 is 0 Å². The van der Waals surface area contributed by atoms with E-state index in [-0.39, 0.29) is 11.1 Å². The van der Waals surface area contributed by atoms with Gasteiger partial charge in [-0.2, -0.15) is 0 Å². The van der Waals surface area contributed by atoms with E-state index in [2.05, 4.69) is 0 Å². The van der Waals surface area contributed by atoms with Crippen molar-refractivity contribution in [3.8, 4) is 5.75 Å². The number of hydrogen-bond donors (Lipinski definition) is 3. The highest BCUT2D eigenvalue weighted by atomic mass is 16.4. The molecule has 0 spiro atoms. The molecular weight excluding hydrogens is 212 g/mol. The third-order valence-corrected chi connectivity index (χ3v) is 1.92. The highest BCUT2D eigenvalue weighted by Gasteiger charge is 2.12. The Balaban J connectivity index is 3.29. The number of rotatable bonds is 3. The van der Waals surface area contributed by atoms with E-state index in [0.29, 0.717) is 5.56 Å². The number of phenols is 1. The summed E-state index contributed by atoms with van der Waals surface area (Å²) >= 11 is 0. The average Bonchev–Trinajstić information content (AvgIpc) is 2.18. The van der Waals surface area contributed by atoms with Crippen LogP contribution in [0.25, 0.3) is 6.08 Å². The molecule has 0 amide bonds. The molecule has 1 rings (SSSR count). The van der Waals surface area contributed by atoms with Crippen molar-refractivity contribution in [2.24, 2.45) is 0 Å². The molecule has 5 heteroatoms. The Morgan fingerprint density at radius 3 is 2.38 bits per heavy atom. The van der Waals surface area contributed by atoms with E-state index in [1.807, 2.05) is 0 Å². The van der Waals surface area contributed by atoms with Crippen molar-refractivity contribution in [3.63, 3.8) is 0 Å². The molecule has 0 fully saturated rings. The van der Waals surface area contributed by atoms with Gasteiger partial charge in [0.05, 0.1) is 0 Å². The van der Waals surface area contributed by atoms with Gasteiger partial charge in [-0.1, -0.05) is 0 Å². The Kier molecular flexibility index (Phi) is 3.30. The monoisotopic (exact) mass is 222 g/mol. The van der Waals surface area contributed by atoms with Crippen molar-refractivity contribution >= 4 is 18.0 Å². The lowest BCUT2D eigenvalue weighted by Crippen LogP contribution is -1.99. The van der Waals surface area contributed by atoms with E-state index in [0.717, 1.165) is 12.2 Å². The van der Waals surface area contributed by atoms with Crippen molar-refractivity contribution < 1.29 is 24.9 Å². The third kappa shape index (κ3) is 2.60. The van der Waals surface area contributed by atoms with Crippen LogP contribution in [0.4, 0.5) is 0 Å². The van der Waals surface area contributed by atoms with Crippen molar-refractivity contribution in [2.45, 2.75) is 6.92 Å². The molecular formula is C11H10O5. The van der Waals surface area contributed by atoms with Crippen LogP contribution < -0.4 is 0 Å². The molecule has 0 aromatic heterocycles. The second-order valence-electron chi connectivity index (χ2n) is 3.23. The molecule has 0 saturated carbocycles. The molecule has 3 N–H and O–H groups in total. The minimum Gasteiger partial charge on any atom is -0.506 e. The van der Waals surface area contributed by atoms with Crippen LogP contribution in [0.15, 0.2) is 18.2 Å². The van der Waals surface area contributed by atoms with Gasteiger partial charge in [-0.05, 0) is 30.7 Å². The largest absolute Gasteiger partial charge is 0.506 e. The third-order valence-electron chi connectivity index (χ3n) is 1.92. The minimum absolute atomic E-state index is 0.166. The zero-order valence-corrected chi connectivity index (χ0v) is 8.47. The molecule has 0 radical (unpaired) electrons. The van der Waals surface area contributed by atoms with Gasteiger partial charge in [0.15, 0.2) is 0 Å². The molecule has 16 heavy (non-hydrogen) atoms. The molecule has 0 unspecified atom stereocenters. The fourth-order valence-electron chi connectivity index (χ4n) is 1.26. The van der Waals surface area contributed by atoms with Crippen molar-refractivity contribution in [3.05, 3.63) is 34.9 Å². The van der Waals surface area contributed by atoms with Crippen LogP contribution >= 0.6 is 0 Å². The van der Waals surface area contributed by atoms with Crippen LogP contribution in [-0.4, -0.2) is 27.3 Å². The number of benzene rings is 1. The van der Waals surface area contributed by atoms with Crippen LogP contribution in [0.2, 0.25) is 0 Å². The summed E-state index contributed by atoms with van der Waals surface area (Å²) in [5, 5.41) is 26.8. The van der Waals surface area contributed by atoms with Gasteiger partial charge in [-0.15, -0.1) is 0 Å². The van der Waals surface area contributed by atoms with Gasteiger partial charge in [0.1, 0.15) is 11.3 Å². The number of aliphatic carboxylic acids is 1. The lowest BCUT2D eigenvalue weighted by molar-refractivity contribution is -0.131. The van der Waals surface area contributed by atoms with E-state index in [1.54, 1.807) is 6.92 Å². The number of aryl methyl sites for hydroxylation is 1. The lowest BCUT2D eigenvalue weighted by atomic mass is 10.0. The zero-order chi connectivity index (χ0) is 12.3. The number of carboxylic acid groups (broad SMARTS) is 2. The summed E-state index contributed by atoms with van der Waals surface area (Å²) in [6.45, 7) is 1.66. The first kappa shape index (κ1) is 11.8. The lowest BCUT2D eigenvalue weighted by Gasteiger charge is -2.05. The van der Waals surface area contributed by atoms with E-state index in [9.17, 15) is 14.7 Å². The van der Waals surface area contributed by atoms with Crippen molar-refractivity contribution in [2.75, 3.05) is 0 Å². The molecule has 0 atom stereocenters. The van der Waals surface area contributed by atoms with Gasteiger partial charge >= 0.3 is 11.9 Å². The summed E-state index contributed by atoms with van der Waals surface area (Å²) in [6, 6.07) is 2.82. The quantitative estimate of drug-likeness (QED) is 0.673. The highest BCUT2D eigenvalue weighted by Crippen LogP contribution is 2.25. The van der Waals surface area contributed by atoms with Crippen LogP contribution in [-0.2, 0) is 4.79 Å². The molecule has 0 aliphatic carbocycles. The Morgan fingerprint density at radius 2 is 1.88 bits per heavy atom. The summed E-state index contributed by atoms with van der Waals surface area (Å²) < 4.78 is 0. The van der Waals surface area contributed by atoms with Crippen LogP contribution in [0, 0.1) is 6.92 Å². The van der Waals surface area contributed by atoms with Gasteiger partial charge in [0.25, 0.3) is 0 Å². The van der Waals surface area contributed by atoms with Gasteiger partial charge in [0, 0.05) is 11.6 Å². The smallest absolute Gasteiger partial charge is 0.339 e. The normalized spacial score (nSPS) is 10.6. The first-order chi connectivity index (χ1) is 7.41. The number of aromatic hydroxyl groups is 1. The van der Waals surface area contributed by atoms with Crippen molar-refractivity contribution in [1.82, 2.24) is 0 Å². The molecule has 1 aromatic carbocycles. The van der Waals surface area contributed by atoms with Gasteiger partial charge in [-0.3, -0.25) is 0 Å². The topological polar surface area (TPSA) is 94.8 Å². The van der Waals surface area contributed by atoms with E-state index < -0.39 is 17.7 Å². The summed E-state index contributed by atoms with van der Waals surface area (Å²) in [5.74, 6) is -2.86. The Labute approximate surface area is 91.3 Å². The number of carboxylic acids is 2. The van der Waals surface area contributed by atoms with E-state index in [4.69, 9.17) is 10.2 Å². The average molecular weight is 222 g/mol. The van der Waals surface area contributed by atoms with Gasteiger partial charge in [-0.25, -0.2) is 9.59 Å². The molecule has 0 aliphatic rings. The predicted molar refractivity (Wildman–Crippen MR) is 56.5 cm³/mol. The molecule has 1 aromatic rings. The summed E-state index contributed by atoms with van der Waals surface area (Å²) in [7, 11) is 0. The first-order valence-electron chi connectivity index (χ1n) is 4.39. The number of carbonyl (C=O) groups is 2. The number of hydrogen-bond acceptors (Lipinski definition) is 3. The molecule has 0 heterocycles.